The zero-order chi connectivity index (χ0) is 28.6. The fraction of sp³-hybridized carbons (Fsp3) is 0.424. The van der Waals surface area contributed by atoms with E-state index in [1.54, 1.807) is 9.80 Å². The van der Waals surface area contributed by atoms with Crippen LogP contribution in [0.4, 0.5) is 5.69 Å². The van der Waals surface area contributed by atoms with Crippen LogP contribution in [0.5, 0.6) is 0 Å². The molecule has 4 aliphatic heterocycles. The molecule has 2 aromatic rings. The summed E-state index contributed by atoms with van der Waals surface area (Å²) >= 11 is 0. The lowest BCUT2D eigenvalue weighted by Crippen LogP contribution is -2.56. The summed E-state index contributed by atoms with van der Waals surface area (Å²) in [6.07, 6.45) is 9.78. The van der Waals surface area contributed by atoms with E-state index in [-0.39, 0.29) is 24.3 Å². The number of ether oxygens (including phenoxy) is 1. The summed E-state index contributed by atoms with van der Waals surface area (Å²) in [6, 6.07) is 16.9. The van der Waals surface area contributed by atoms with Crippen LogP contribution in [0, 0.1) is 11.8 Å². The second kappa shape index (κ2) is 11.3. The summed E-state index contributed by atoms with van der Waals surface area (Å²) in [7, 11) is 0. The highest BCUT2D eigenvalue weighted by molar-refractivity contribution is 6.04. The number of rotatable bonds is 8. The molecule has 214 valence electrons. The van der Waals surface area contributed by atoms with E-state index < -0.39 is 35.6 Å². The molecular weight excluding hydrogens is 518 g/mol. The second-order valence-electron chi connectivity index (χ2n) is 11.3. The number of amides is 3. The molecule has 0 saturated carbocycles. The minimum atomic E-state index is -1.33. The van der Waals surface area contributed by atoms with Crippen molar-refractivity contribution in [1.82, 2.24) is 9.80 Å². The summed E-state index contributed by atoms with van der Waals surface area (Å²) in [6.45, 7) is 3.10. The Labute approximate surface area is 240 Å². The zero-order valence-corrected chi connectivity index (χ0v) is 23.3. The van der Waals surface area contributed by atoms with Crippen LogP contribution >= 0.6 is 0 Å². The molecule has 6 rings (SSSR count). The molecule has 3 amide bonds. The third kappa shape index (κ3) is 4.50. The number of fused-ring (bicyclic) bond motifs is 2. The maximum Gasteiger partial charge on any atom is 0.249 e. The molecule has 0 aromatic heterocycles. The third-order valence-corrected chi connectivity index (χ3v) is 8.97. The van der Waals surface area contributed by atoms with Crippen LogP contribution in [0.3, 0.4) is 0 Å². The first-order valence-electron chi connectivity index (χ1n) is 14.7. The number of hydrogen-bond donors (Lipinski definition) is 1. The minimum absolute atomic E-state index is 0.202. The summed E-state index contributed by atoms with van der Waals surface area (Å²) in [5.41, 5.74) is 0.145. The maximum atomic E-state index is 14.6. The highest BCUT2D eigenvalue weighted by Crippen LogP contribution is 2.55. The number of hydrogen-bond acceptors (Lipinski definition) is 5. The lowest BCUT2D eigenvalue weighted by atomic mass is 9.77. The van der Waals surface area contributed by atoms with Crippen molar-refractivity contribution in [2.24, 2.45) is 11.8 Å². The van der Waals surface area contributed by atoms with E-state index >= 15 is 0 Å². The van der Waals surface area contributed by atoms with Crippen molar-refractivity contribution in [3.8, 4) is 0 Å². The Hall–Kier alpha value is -3.75. The highest BCUT2D eigenvalue weighted by Gasteiger charge is 2.72. The summed E-state index contributed by atoms with van der Waals surface area (Å²) in [5, 5.41) is 10.7. The molecule has 1 spiro atoms. The van der Waals surface area contributed by atoms with Crippen molar-refractivity contribution in [3.05, 3.63) is 90.5 Å². The number of para-hydroxylation sites is 1. The first kappa shape index (κ1) is 27.4. The van der Waals surface area contributed by atoms with E-state index in [0.717, 1.165) is 30.5 Å². The number of aliphatic hydroxyl groups is 1. The molecule has 0 bridgehead atoms. The van der Waals surface area contributed by atoms with Gasteiger partial charge in [0.05, 0.1) is 30.6 Å². The predicted molar refractivity (Wildman–Crippen MR) is 155 cm³/mol. The van der Waals surface area contributed by atoms with Crippen molar-refractivity contribution >= 4 is 23.4 Å². The van der Waals surface area contributed by atoms with Gasteiger partial charge in [0.2, 0.25) is 17.7 Å². The van der Waals surface area contributed by atoms with Crippen LogP contribution in [0.25, 0.3) is 0 Å². The molecule has 2 fully saturated rings. The Kier molecular flexibility index (Phi) is 7.53. The van der Waals surface area contributed by atoms with Crippen LogP contribution in [0.2, 0.25) is 0 Å². The van der Waals surface area contributed by atoms with Gasteiger partial charge in [-0.1, -0.05) is 92.6 Å². The number of anilines is 1. The fourth-order valence-electron chi connectivity index (χ4n) is 7.08. The fourth-order valence-corrected chi connectivity index (χ4v) is 7.08. The van der Waals surface area contributed by atoms with E-state index in [1.165, 1.54) is 4.90 Å². The molecule has 6 atom stereocenters. The topological polar surface area (TPSA) is 90.4 Å². The van der Waals surface area contributed by atoms with Crippen LogP contribution in [-0.4, -0.2) is 76.6 Å². The lowest BCUT2D eigenvalue weighted by molar-refractivity contribution is -0.150. The molecule has 2 saturated heterocycles. The number of carbonyl (C=O) groups is 3. The largest absolute Gasteiger partial charge is 0.394 e. The molecule has 0 aliphatic carbocycles. The van der Waals surface area contributed by atoms with Gasteiger partial charge in [-0.15, -0.1) is 0 Å². The van der Waals surface area contributed by atoms with Gasteiger partial charge in [0.1, 0.15) is 11.6 Å². The number of benzene rings is 2. The molecule has 0 radical (unpaired) electrons. The molecule has 1 unspecified atom stereocenters. The van der Waals surface area contributed by atoms with Gasteiger partial charge in [-0.05, 0) is 24.1 Å². The van der Waals surface area contributed by atoms with Gasteiger partial charge in [0.25, 0.3) is 0 Å². The summed E-state index contributed by atoms with van der Waals surface area (Å²) in [5.74, 6) is -2.47. The first-order valence-corrected chi connectivity index (χ1v) is 14.7. The minimum Gasteiger partial charge on any atom is -0.394 e. The second-order valence-corrected chi connectivity index (χ2v) is 11.3. The normalized spacial score (nSPS) is 29.7. The Morgan fingerprint density at radius 3 is 2.37 bits per heavy atom. The first-order chi connectivity index (χ1) is 20.0. The third-order valence-electron chi connectivity index (χ3n) is 8.97. The van der Waals surface area contributed by atoms with Crippen LogP contribution in [0.15, 0.2) is 85.0 Å². The Bertz CT molecular complexity index is 1350. The van der Waals surface area contributed by atoms with Crippen molar-refractivity contribution in [2.45, 2.75) is 50.0 Å². The van der Waals surface area contributed by atoms with E-state index in [4.69, 9.17) is 4.74 Å². The smallest absolute Gasteiger partial charge is 0.249 e. The number of aliphatic hydroxyl groups excluding tert-OH is 1. The molecule has 4 aliphatic rings. The molecule has 41 heavy (non-hydrogen) atoms. The monoisotopic (exact) mass is 555 g/mol. The maximum absolute atomic E-state index is 14.6. The quantitative estimate of drug-likeness (QED) is 0.398. The van der Waals surface area contributed by atoms with Gasteiger partial charge in [-0.3, -0.25) is 14.4 Å². The summed E-state index contributed by atoms with van der Waals surface area (Å²) < 4.78 is 6.76. The van der Waals surface area contributed by atoms with E-state index in [2.05, 4.69) is 6.92 Å². The Morgan fingerprint density at radius 1 is 0.927 bits per heavy atom. The molecule has 2 aromatic carbocycles. The molecule has 4 heterocycles. The molecule has 8 heteroatoms. The van der Waals surface area contributed by atoms with Crippen molar-refractivity contribution < 1.29 is 24.2 Å². The standard InChI is InChI=1S/C33H37N3O5/c1-2-3-10-19-34-20-12-18-33-28(27-26(41-33)17-11-21-35(30(27)38)24-15-8-5-9-16-24)31(39)36(29(33)32(34)40)25(22-37)23-13-6-4-7-14-23/h4-9,11-18,25-29,37H,2-3,10,19-22H2,1H3/t25-,26-,27+,28+,29?,33+/m1/s1. The number of nitrogens with zero attached hydrogens (tertiary/aromatic N) is 3. The van der Waals surface area contributed by atoms with Crippen molar-refractivity contribution in [2.75, 3.05) is 31.1 Å². The van der Waals surface area contributed by atoms with Crippen LogP contribution in [-0.2, 0) is 19.1 Å². The van der Waals surface area contributed by atoms with Crippen LogP contribution < -0.4 is 4.90 Å². The highest BCUT2D eigenvalue weighted by atomic mass is 16.5. The van der Waals surface area contributed by atoms with Crippen LogP contribution in [0.1, 0.15) is 37.8 Å². The van der Waals surface area contributed by atoms with Gasteiger partial charge in [0.15, 0.2) is 0 Å². The van der Waals surface area contributed by atoms with Crippen molar-refractivity contribution in [3.63, 3.8) is 0 Å². The van der Waals surface area contributed by atoms with E-state index in [9.17, 15) is 19.5 Å². The number of likely N-dealkylation sites (tertiary alicyclic amines) is 1. The average molecular weight is 556 g/mol. The average Bonchev–Trinajstić information content (AvgIpc) is 3.31. The van der Waals surface area contributed by atoms with Gasteiger partial charge in [-0.25, -0.2) is 0 Å². The lowest BCUT2D eigenvalue weighted by Gasteiger charge is -2.38. The Balaban J connectivity index is 1.46. The zero-order valence-electron chi connectivity index (χ0n) is 23.3. The SMILES string of the molecule is CCCCCN1CC=C[C@]23O[C@@H]4C=CCN(c5ccccc5)C(=O)[C@@H]4[C@H]2C(=O)N([C@H](CO)c2ccccc2)C3C1=O. The van der Waals surface area contributed by atoms with Gasteiger partial charge < -0.3 is 24.5 Å². The van der Waals surface area contributed by atoms with E-state index in [1.807, 2.05) is 85.0 Å². The molecule has 1 N–H and O–H groups in total. The number of unbranched alkanes of at least 4 members (excludes halogenated alkanes) is 2. The van der Waals surface area contributed by atoms with Gasteiger partial charge >= 0.3 is 0 Å². The van der Waals surface area contributed by atoms with Gasteiger partial charge in [0, 0.05) is 25.3 Å². The Morgan fingerprint density at radius 2 is 1.66 bits per heavy atom. The number of carbonyl (C=O) groups excluding carboxylic acids is 3. The predicted octanol–water partition coefficient (Wildman–Crippen LogP) is 3.49. The van der Waals surface area contributed by atoms with E-state index in [0.29, 0.717) is 19.6 Å². The molecule has 8 nitrogen and oxygen atoms in total. The van der Waals surface area contributed by atoms with Gasteiger partial charge in [-0.2, -0.15) is 0 Å². The van der Waals surface area contributed by atoms with Crippen molar-refractivity contribution in [1.29, 1.82) is 0 Å². The molecular formula is C33H37N3O5. The summed E-state index contributed by atoms with van der Waals surface area (Å²) in [4.78, 5) is 48.3.